The van der Waals surface area contributed by atoms with Crippen molar-refractivity contribution in [3.8, 4) is 0 Å². The van der Waals surface area contributed by atoms with Crippen molar-refractivity contribution in [1.82, 2.24) is 0 Å². The van der Waals surface area contributed by atoms with Gasteiger partial charge in [0.1, 0.15) is 0 Å². The second-order valence-corrected chi connectivity index (χ2v) is 23.6. The van der Waals surface area contributed by atoms with E-state index in [0.29, 0.717) is 0 Å². The third kappa shape index (κ3) is 8.92. The van der Waals surface area contributed by atoms with Gasteiger partial charge in [-0.15, -0.1) is 0 Å². The van der Waals surface area contributed by atoms with Crippen LogP contribution in [0.1, 0.15) is 13.3 Å². The van der Waals surface area contributed by atoms with Crippen molar-refractivity contribution in [2.24, 2.45) is 0 Å². The van der Waals surface area contributed by atoms with Gasteiger partial charge in [0.05, 0.1) is 0 Å². The van der Waals surface area contributed by atoms with Crippen LogP contribution < -0.4 is 0 Å². The first-order valence-electron chi connectivity index (χ1n) is 2.89. The molecule has 0 amide bonds. The van der Waals surface area contributed by atoms with Crippen molar-refractivity contribution >= 4 is 53.3 Å². The Morgan fingerprint density at radius 2 is 1.73 bits per heavy atom. The van der Waals surface area contributed by atoms with Crippen LogP contribution in [0.3, 0.4) is 0 Å². The van der Waals surface area contributed by atoms with E-state index in [4.69, 9.17) is 26.8 Å². The van der Waals surface area contributed by atoms with E-state index in [2.05, 4.69) is 0 Å². The molecule has 0 fully saturated rings. The molecule has 64 valence electrons. The Kier molecular flexibility index (Phi) is 5.34. The van der Waals surface area contributed by atoms with Crippen LogP contribution in [-0.2, 0) is 9.59 Å². The van der Waals surface area contributed by atoms with Crippen molar-refractivity contribution in [2.75, 3.05) is 0 Å². The van der Waals surface area contributed by atoms with Gasteiger partial charge in [0, 0.05) is 0 Å². The first kappa shape index (κ1) is 12.0. The summed E-state index contributed by atoms with van der Waals surface area (Å²) < 4.78 is -0.00106. The van der Waals surface area contributed by atoms with E-state index in [0.717, 1.165) is 0 Å². The number of halogens is 3. The molecule has 0 aliphatic rings. The van der Waals surface area contributed by atoms with Gasteiger partial charge in [-0.25, -0.2) is 0 Å². The van der Waals surface area contributed by atoms with E-state index >= 15 is 0 Å². The van der Waals surface area contributed by atoms with Gasteiger partial charge < -0.3 is 0 Å². The molecule has 0 N–H and O–H groups in total. The number of rotatable bonds is 4. The van der Waals surface area contributed by atoms with Crippen molar-refractivity contribution in [3.63, 3.8) is 0 Å². The van der Waals surface area contributed by atoms with Gasteiger partial charge in [0.15, 0.2) is 0 Å². The van der Waals surface area contributed by atoms with Gasteiger partial charge in [-0.1, -0.05) is 0 Å². The molecule has 0 rings (SSSR count). The molecule has 2 nitrogen and oxygen atoms in total. The van der Waals surface area contributed by atoms with Crippen LogP contribution in [0.2, 0.25) is 4.44 Å². The maximum absolute atomic E-state index is 10.8. The third-order valence-corrected chi connectivity index (χ3v) is 5.80. The summed E-state index contributed by atoms with van der Waals surface area (Å²) in [6.45, 7) is 1.34. The molecule has 0 aromatic rings. The molecule has 0 atom stereocenters. The van der Waals surface area contributed by atoms with E-state index in [-0.39, 0.29) is 22.4 Å². The van der Waals surface area contributed by atoms with Crippen molar-refractivity contribution in [3.05, 3.63) is 0 Å². The molecule has 0 aromatic heterocycles. The molecular formula is C5H7Cl3O2Sn. The molecular weight excluding hydrogens is 317 g/mol. The Balaban J connectivity index is 3.80. The normalized spacial score (nSPS) is 11.3. The number of ketones is 2. The Morgan fingerprint density at radius 3 is 2.00 bits per heavy atom. The van der Waals surface area contributed by atoms with Crippen LogP contribution >= 0.6 is 26.8 Å². The average molecular weight is 324 g/mol. The van der Waals surface area contributed by atoms with Gasteiger partial charge in [-0.3, -0.25) is 0 Å². The van der Waals surface area contributed by atoms with Gasteiger partial charge >= 0.3 is 80.7 Å². The van der Waals surface area contributed by atoms with E-state index < -0.39 is 15.0 Å². The minimum absolute atomic E-state index is 0.00106. The fourth-order valence-corrected chi connectivity index (χ4v) is 5.20. The summed E-state index contributed by atoms with van der Waals surface area (Å²) in [5.41, 5.74) is 0. The van der Waals surface area contributed by atoms with Gasteiger partial charge in [-0.05, 0) is 0 Å². The molecule has 0 unspecified atom stereocenters. The molecule has 0 aliphatic heterocycles. The second kappa shape index (κ2) is 4.90. The summed E-state index contributed by atoms with van der Waals surface area (Å²) >= 11 is -3.54. The summed E-state index contributed by atoms with van der Waals surface area (Å²) in [4.78, 5) is 21.3. The number of carbonyl (C=O) groups excluding carboxylic acids is 2. The molecule has 0 heterocycles. The van der Waals surface area contributed by atoms with E-state index in [1.807, 2.05) is 0 Å². The fraction of sp³-hybridized carbons (Fsp3) is 0.600. The van der Waals surface area contributed by atoms with Crippen LogP contribution in [-0.4, -0.2) is 26.6 Å². The number of Topliss-reactive ketones (excluding diaryl/α,β-unsaturated/α-hetero) is 2. The first-order valence-corrected chi connectivity index (χ1v) is 15.8. The zero-order valence-electron chi connectivity index (χ0n) is 5.86. The second-order valence-electron chi connectivity index (χ2n) is 2.21. The predicted octanol–water partition coefficient (Wildman–Crippen LogP) is 2.19. The van der Waals surface area contributed by atoms with E-state index in [1.165, 1.54) is 6.92 Å². The zero-order valence-corrected chi connectivity index (χ0v) is 11.0. The van der Waals surface area contributed by atoms with Crippen molar-refractivity contribution < 1.29 is 9.59 Å². The van der Waals surface area contributed by atoms with E-state index in [1.54, 1.807) is 0 Å². The maximum atomic E-state index is 10.8. The third-order valence-electron chi connectivity index (χ3n) is 0.844. The summed E-state index contributed by atoms with van der Waals surface area (Å²) in [7, 11) is 16.6. The quantitative estimate of drug-likeness (QED) is 0.587. The molecule has 0 saturated heterocycles. The Bertz CT molecular complexity index is 175. The summed E-state index contributed by atoms with van der Waals surface area (Å²) in [6, 6.07) is 0. The Hall–Kier alpha value is 1.01. The van der Waals surface area contributed by atoms with E-state index in [9.17, 15) is 9.59 Å². The number of hydrogen-bond donors (Lipinski definition) is 0. The molecule has 6 heteroatoms. The van der Waals surface area contributed by atoms with Gasteiger partial charge in [0.2, 0.25) is 0 Å². The van der Waals surface area contributed by atoms with Crippen LogP contribution in [0.4, 0.5) is 0 Å². The Labute approximate surface area is 80.2 Å². The zero-order chi connectivity index (χ0) is 9.07. The summed E-state index contributed by atoms with van der Waals surface area (Å²) in [6.07, 6.45) is -0.106. The van der Waals surface area contributed by atoms with Gasteiger partial charge in [-0.2, -0.15) is 0 Å². The van der Waals surface area contributed by atoms with Crippen LogP contribution in [0.25, 0.3) is 0 Å². The predicted molar refractivity (Wildman–Crippen MR) is 48.4 cm³/mol. The van der Waals surface area contributed by atoms with Crippen LogP contribution in [0.5, 0.6) is 0 Å². The first-order chi connectivity index (χ1) is 4.81. The van der Waals surface area contributed by atoms with Gasteiger partial charge in [0.25, 0.3) is 0 Å². The number of hydrogen-bond acceptors (Lipinski definition) is 2. The topological polar surface area (TPSA) is 34.1 Å². The molecule has 0 aliphatic carbocycles. The van der Waals surface area contributed by atoms with Crippen molar-refractivity contribution in [1.29, 1.82) is 0 Å². The number of carbonyl (C=O) groups is 2. The monoisotopic (exact) mass is 324 g/mol. The molecule has 11 heavy (non-hydrogen) atoms. The molecule has 0 saturated carbocycles. The van der Waals surface area contributed by atoms with Crippen LogP contribution in [0, 0.1) is 0 Å². The molecule has 0 radical (unpaired) electrons. The SMILES string of the molecule is CC(=O)CC(=O)[CH2][Sn]([Cl])([Cl])[Cl]. The minimum atomic E-state index is -3.54. The van der Waals surface area contributed by atoms with Crippen molar-refractivity contribution in [2.45, 2.75) is 17.8 Å². The fourth-order valence-electron chi connectivity index (χ4n) is 0.564. The molecule has 0 bridgehead atoms. The summed E-state index contributed by atoms with van der Waals surface area (Å²) in [5.74, 6) is -0.441. The average Bonchev–Trinajstić information content (AvgIpc) is 1.53. The standard InChI is InChI=1S/C5H7O2.3ClH.Sn/c1-4(6)3-5(2)7;;;;/h1,3H2,2H3;3*1H;/q;;;;+3/p-3. The summed E-state index contributed by atoms with van der Waals surface area (Å²) in [5, 5.41) is 0. The molecule has 0 spiro atoms. The van der Waals surface area contributed by atoms with Crippen LogP contribution in [0.15, 0.2) is 0 Å². The Morgan fingerprint density at radius 1 is 1.27 bits per heavy atom. The molecule has 0 aromatic carbocycles.